The zero-order chi connectivity index (χ0) is 29.6. The second kappa shape index (κ2) is 13.6. The highest BCUT2D eigenvalue weighted by molar-refractivity contribution is 5.97. The van der Waals surface area contributed by atoms with Crippen LogP contribution in [0.3, 0.4) is 0 Å². The van der Waals surface area contributed by atoms with Gasteiger partial charge in [-0.25, -0.2) is 9.59 Å². The quantitative estimate of drug-likeness (QED) is 0.183. The number of carbonyl (C=O) groups is 3. The summed E-state index contributed by atoms with van der Waals surface area (Å²) in [5, 5.41) is 45.1. The lowest BCUT2D eigenvalue weighted by molar-refractivity contribution is -0.922. The fourth-order valence-electron chi connectivity index (χ4n) is 4.84. The van der Waals surface area contributed by atoms with Crippen LogP contribution in [0.25, 0.3) is 0 Å². The molecule has 40 heavy (non-hydrogen) atoms. The first-order valence-electron chi connectivity index (χ1n) is 13.6. The average molecular weight is 569 g/mol. The van der Waals surface area contributed by atoms with E-state index in [1.54, 1.807) is 32.9 Å². The minimum atomic E-state index is -1.87. The van der Waals surface area contributed by atoms with Crippen molar-refractivity contribution >= 4 is 18.0 Å². The number of carbonyl (C=O) groups excluding carboxylic acids is 2. The van der Waals surface area contributed by atoms with Gasteiger partial charge in [-0.15, -0.1) is 0 Å². The van der Waals surface area contributed by atoms with Crippen LogP contribution in [0.15, 0.2) is 18.2 Å². The Kier molecular flexibility index (Phi) is 10.7. The molecule has 0 bridgehead atoms. The van der Waals surface area contributed by atoms with Crippen molar-refractivity contribution in [3.63, 3.8) is 0 Å². The molecule has 0 aliphatic carbocycles. The summed E-state index contributed by atoms with van der Waals surface area (Å²) in [7, 11) is 0. The van der Waals surface area contributed by atoms with Crippen molar-refractivity contribution in [2.45, 2.75) is 83.4 Å². The molecule has 0 saturated carbocycles. The Hall–Kier alpha value is -2.97. The highest BCUT2D eigenvalue weighted by Crippen LogP contribution is 2.28. The van der Waals surface area contributed by atoms with Crippen LogP contribution in [0.2, 0.25) is 0 Å². The third-order valence-corrected chi connectivity index (χ3v) is 6.74. The Bertz CT molecular complexity index is 1050. The van der Waals surface area contributed by atoms with Crippen LogP contribution in [0.4, 0.5) is 4.79 Å². The van der Waals surface area contributed by atoms with Crippen LogP contribution < -0.4 is 20.3 Å². The van der Waals surface area contributed by atoms with E-state index in [2.05, 4.69) is 17.6 Å². The third kappa shape index (κ3) is 8.77. The number of nitrogens with one attached hydrogen (secondary N) is 3. The zero-order valence-corrected chi connectivity index (χ0v) is 23.4. The fraction of sp³-hybridized carbons (Fsp3) is 0.667. The van der Waals surface area contributed by atoms with Gasteiger partial charge in [0.05, 0.1) is 18.7 Å². The van der Waals surface area contributed by atoms with E-state index in [9.17, 15) is 34.8 Å². The second-order valence-electron chi connectivity index (χ2n) is 11.5. The van der Waals surface area contributed by atoms with Crippen molar-refractivity contribution in [3.05, 3.63) is 29.3 Å². The summed E-state index contributed by atoms with van der Waals surface area (Å²) >= 11 is 0. The average Bonchev–Trinajstić information content (AvgIpc) is 2.86. The van der Waals surface area contributed by atoms with E-state index in [1.165, 1.54) is 17.4 Å². The molecule has 7 atom stereocenters. The largest absolute Gasteiger partial charge is 0.479 e. The minimum Gasteiger partial charge on any atom is -0.479 e. The van der Waals surface area contributed by atoms with Crippen molar-refractivity contribution in [1.29, 1.82) is 0 Å². The van der Waals surface area contributed by atoms with Gasteiger partial charge in [0.25, 0.3) is 5.91 Å². The second-order valence-corrected chi connectivity index (χ2v) is 11.5. The van der Waals surface area contributed by atoms with Crippen LogP contribution in [0.1, 0.15) is 56.5 Å². The number of aliphatic carboxylic acids is 1. The molecule has 0 aromatic heterocycles. The number of rotatable bonds is 9. The zero-order valence-electron chi connectivity index (χ0n) is 23.4. The SMILES string of the molecule is C[C@H]1CCC[NH+](Cc2ccc(O[C@@H]3O[C@H](C(=O)O)[C@@H](O)[C@H](O)[C@H]3O)c(C(=O)NCCNC(=O)OC(C)(C)C)c2)C1. The summed E-state index contributed by atoms with van der Waals surface area (Å²) in [6.07, 6.45) is -7.33. The molecule has 2 fully saturated rings. The standard InChI is InChI=1S/C27H41N3O10/c1-15-6-5-11-30(13-15)14-16-7-8-18(38-25-21(33)19(31)20(32)22(39-25)24(35)36)17(12-16)23(34)28-9-10-29-26(37)40-27(2,3)4/h7-8,12,15,19-22,25,31-33H,5-6,9-11,13-14H2,1-4H3,(H,28,34)(H,29,37)(H,35,36)/p+1/t15-,19-,20-,21+,22-,25+/m0/s1. The number of likely N-dealkylation sites (tertiary alicyclic amines) is 1. The van der Waals surface area contributed by atoms with Gasteiger partial charge in [0.2, 0.25) is 6.29 Å². The number of hydrogen-bond acceptors (Lipinski definition) is 9. The maximum absolute atomic E-state index is 13.2. The molecule has 3 rings (SSSR count). The molecule has 224 valence electrons. The molecule has 1 aromatic carbocycles. The molecule has 2 saturated heterocycles. The van der Waals surface area contributed by atoms with E-state index < -0.39 is 54.3 Å². The summed E-state index contributed by atoms with van der Waals surface area (Å²) in [6.45, 7) is 10.3. The molecule has 2 aliphatic rings. The van der Waals surface area contributed by atoms with Crippen LogP contribution in [-0.4, -0.2) is 101 Å². The lowest BCUT2D eigenvalue weighted by Crippen LogP contribution is -3.12. The number of carboxylic acid groups (broad SMARTS) is 1. The summed E-state index contributed by atoms with van der Waals surface area (Å²) in [5.41, 5.74) is 0.309. The van der Waals surface area contributed by atoms with Gasteiger partial charge in [-0.05, 0) is 51.8 Å². The Balaban J connectivity index is 1.75. The Labute approximate surface area is 233 Å². The molecule has 1 unspecified atom stereocenters. The number of aliphatic hydroxyl groups excluding tert-OH is 3. The van der Waals surface area contributed by atoms with Crippen molar-refractivity contribution < 1.29 is 53.9 Å². The van der Waals surface area contributed by atoms with Gasteiger partial charge < -0.3 is 50.2 Å². The van der Waals surface area contributed by atoms with Gasteiger partial charge in [0, 0.05) is 24.6 Å². The summed E-state index contributed by atoms with van der Waals surface area (Å²) in [4.78, 5) is 38.0. The topological polar surface area (TPSA) is 188 Å². The molecule has 0 spiro atoms. The first-order chi connectivity index (χ1) is 18.7. The molecule has 7 N–H and O–H groups in total. The molecular weight excluding hydrogens is 526 g/mol. The van der Waals surface area contributed by atoms with E-state index in [1.807, 2.05) is 0 Å². The number of carboxylic acids is 1. The van der Waals surface area contributed by atoms with Gasteiger partial charge in [0.15, 0.2) is 6.10 Å². The summed E-state index contributed by atoms with van der Waals surface area (Å²) < 4.78 is 16.1. The molecule has 2 amide bonds. The molecule has 1 aromatic rings. The first kappa shape index (κ1) is 31.6. The Morgan fingerprint density at radius 1 is 1.07 bits per heavy atom. The number of quaternary nitrogens is 1. The summed E-state index contributed by atoms with van der Waals surface area (Å²) in [5.74, 6) is -1.50. The van der Waals surface area contributed by atoms with E-state index in [0.29, 0.717) is 12.5 Å². The number of hydrogen-bond donors (Lipinski definition) is 7. The highest BCUT2D eigenvalue weighted by Gasteiger charge is 2.48. The van der Waals surface area contributed by atoms with Crippen molar-refractivity contribution in [2.24, 2.45) is 5.92 Å². The monoisotopic (exact) mass is 568 g/mol. The van der Waals surface area contributed by atoms with Crippen molar-refractivity contribution in [1.82, 2.24) is 10.6 Å². The maximum Gasteiger partial charge on any atom is 0.407 e. The van der Waals surface area contributed by atoms with Crippen LogP contribution in [-0.2, 0) is 20.8 Å². The van der Waals surface area contributed by atoms with E-state index in [0.717, 1.165) is 25.1 Å². The Morgan fingerprint density at radius 3 is 2.42 bits per heavy atom. The predicted molar refractivity (Wildman–Crippen MR) is 141 cm³/mol. The number of alkyl carbamates (subject to hydrolysis) is 1. The van der Waals surface area contributed by atoms with Gasteiger partial charge in [-0.1, -0.05) is 6.92 Å². The molecule has 2 aliphatic heterocycles. The molecule has 2 heterocycles. The number of amides is 2. The van der Waals surface area contributed by atoms with Crippen LogP contribution in [0, 0.1) is 5.92 Å². The van der Waals surface area contributed by atoms with Crippen molar-refractivity contribution in [2.75, 3.05) is 26.2 Å². The van der Waals surface area contributed by atoms with E-state index in [4.69, 9.17) is 14.2 Å². The lowest BCUT2D eigenvalue weighted by atomic mass is 9.98. The molecule has 13 nitrogen and oxygen atoms in total. The number of piperidine rings is 1. The van der Waals surface area contributed by atoms with Crippen LogP contribution in [0.5, 0.6) is 5.75 Å². The lowest BCUT2D eigenvalue weighted by Gasteiger charge is -2.38. The molecular formula is C27H42N3O10+. The number of ether oxygens (including phenoxy) is 3. The van der Waals surface area contributed by atoms with Crippen molar-refractivity contribution in [3.8, 4) is 5.75 Å². The molecule has 13 heteroatoms. The predicted octanol–water partition coefficient (Wildman–Crippen LogP) is -0.973. The minimum absolute atomic E-state index is 0.0138. The normalized spacial score (nSPS) is 28.8. The van der Waals surface area contributed by atoms with E-state index >= 15 is 0 Å². The van der Waals surface area contributed by atoms with Gasteiger partial charge in [0.1, 0.15) is 36.2 Å². The number of benzene rings is 1. The fourth-order valence-corrected chi connectivity index (χ4v) is 4.84. The Morgan fingerprint density at radius 2 is 1.77 bits per heavy atom. The van der Waals surface area contributed by atoms with Crippen LogP contribution >= 0.6 is 0 Å². The molecule has 0 radical (unpaired) electrons. The summed E-state index contributed by atoms with van der Waals surface area (Å²) in [6, 6.07) is 4.96. The number of aliphatic hydroxyl groups is 3. The van der Waals surface area contributed by atoms with Gasteiger partial charge >= 0.3 is 12.1 Å². The first-order valence-corrected chi connectivity index (χ1v) is 13.6. The highest BCUT2D eigenvalue weighted by atomic mass is 16.7. The smallest absolute Gasteiger partial charge is 0.407 e. The van der Waals surface area contributed by atoms with Gasteiger partial charge in [-0.3, -0.25) is 4.79 Å². The van der Waals surface area contributed by atoms with E-state index in [-0.39, 0.29) is 24.4 Å². The maximum atomic E-state index is 13.2. The van der Waals surface area contributed by atoms with Gasteiger partial charge in [-0.2, -0.15) is 0 Å². The third-order valence-electron chi connectivity index (χ3n) is 6.74.